The van der Waals surface area contributed by atoms with Gasteiger partial charge >= 0.3 is 0 Å². The van der Waals surface area contributed by atoms with Gasteiger partial charge in [-0.3, -0.25) is 4.79 Å². The second-order valence-corrected chi connectivity index (χ2v) is 7.93. The van der Waals surface area contributed by atoms with Crippen LogP contribution in [-0.4, -0.2) is 16.8 Å². The largest absolute Gasteiger partial charge is 0.356 e. The van der Waals surface area contributed by atoms with E-state index in [1.807, 2.05) is 6.92 Å². The summed E-state index contributed by atoms with van der Waals surface area (Å²) >= 11 is 3.93. The van der Waals surface area contributed by atoms with Crippen LogP contribution in [0.4, 0.5) is 0 Å². The lowest BCUT2D eigenvalue weighted by molar-refractivity contribution is -0.143. The maximum atomic E-state index is 12.3. The molecule has 0 aromatic heterocycles. The number of hydrogen-bond donors (Lipinski definition) is 1. The molecule has 3 heteroatoms. The molecule has 4 rings (SSSR count). The lowest BCUT2D eigenvalue weighted by atomic mass is 9.49. The molecule has 4 aliphatic carbocycles. The van der Waals surface area contributed by atoms with Crippen molar-refractivity contribution in [3.63, 3.8) is 0 Å². The van der Waals surface area contributed by atoms with Crippen LogP contribution in [0.15, 0.2) is 0 Å². The van der Waals surface area contributed by atoms with Crippen LogP contribution in [0.3, 0.4) is 0 Å². The number of nitrogens with one attached hydrogen (secondary N) is 1. The van der Waals surface area contributed by atoms with Crippen molar-refractivity contribution in [2.75, 3.05) is 6.54 Å². The van der Waals surface area contributed by atoms with E-state index in [1.165, 1.54) is 19.3 Å². The van der Waals surface area contributed by atoms with Gasteiger partial charge in [0.05, 0.1) is 5.41 Å². The normalized spacial score (nSPS) is 49.4. The van der Waals surface area contributed by atoms with Crippen LogP contribution < -0.4 is 5.32 Å². The predicted octanol–water partition coefficient (Wildman–Crippen LogP) is 2.86. The number of halogens is 1. The van der Waals surface area contributed by atoms with Gasteiger partial charge < -0.3 is 5.32 Å². The van der Waals surface area contributed by atoms with E-state index in [-0.39, 0.29) is 5.41 Å². The Hall–Kier alpha value is -0.0500. The average Bonchev–Trinajstić information content (AvgIpc) is 2.13. The van der Waals surface area contributed by atoms with Crippen LogP contribution in [0, 0.1) is 17.3 Å². The Morgan fingerprint density at radius 1 is 1.31 bits per heavy atom. The van der Waals surface area contributed by atoms with Crippen LogP contribution in [0.2, 0.25) is 0 Å². The van der Waals surface area contributed by atoms with Gasteiger partial charge in [-0.1, -0.05) is 15.9 Å². The first-order valence-corrected chi connectivity index (χ1v) is 7.32. The van der Waals surface area contributed by atoms with Crippen molar-refractivity contribution in [3.8, 4) is 0 Å². The summed E-state index contributed by atoms with van der Waals surface area (Å²) < 4.78 is 0.294. The summed E-state index contributed by atoms with van der Waals surface area (Å²) in [5.41, 5.74) is -0.0242. The first-order valence-electron chi connectivity index (χ1n) is 6.52. The molecule has 0 spiro atoms. The third kappa shape index (κ3) is 1.54. The highest BCUT2D eigenvalue weighted by Crippen LogP contribution is 2.64. The maximum absolute atomic E-state index is 12.3. The monoisotopic (exact) mass is 285 g/mol. The molecule has 4 saturated carbocycles. The minimum atomic E-state index is -0.0242. The number of hydrogen-bond acceptors (Lipinski definition) is 1. The van der Waals surface area contributed by atoms with E-state index in [0.717, 1.165) is 37.6 Å². The quantitative estimate of drug-likeness (QED) is 0.777. The van der Waals surface area contributed by atoms with Crippen molar-refractivity contribution in [1.29, 1.82) is 0 Å². The summed E-state index contributed by atoms with van der Waals surface area (Å²) in [5, 5.41) is 3.06. The van der Waals surface area contributed by atoms with Gasteiger partial charge in [-0.15, -0.1) is 0 Å². The number of carbonyl (C=O) groups is 1. The first kappa shape index (κ1) is 11.1. The smallest absolute Gasteiger partial charge is 0.226 e. The van der Waals surface area contributed by atoms with E-state index in [4.69, 9.17) is 0 Å². The van der Waals surface area contributed by atoms with Gasteiger partial charge in [0, 0.05) is 10.9 Å². The predicted molar refractivity (Wildman–Crippen MR) is 67.5 cm³/mol. The van der Waals surface area contributed by atoms with Gasteiger partial charge in [-0.2, -0.15) is 0 Å². The van der Waals surface area contributed by atoms with Crippen LogP contribution in [0.1, 0.15) is 45.4 Å². The minimum absolute atomic E-state index is 0.0242. The van der Waals surface area contributed by atoms with Gasteiger partial charge in [0.2, 0.25) is 5.91 Å². The molecule has 16 heavy (non-hydrogen) atoms. The molecule has 4 fully saturated rings. The zero-order valence-corrected chi connectivity index (χ0v) is 11.5. The highest BCUT2D eigenvalue weighted by Gasteiger charge is 2.59. The van der Waals surface area contributed by atoms with Gasteiger partial charge in [0.15, 0.2) is 0 Å². The fourth-order valence-electron chi connectivity index (χ4n) is 4.76. The van der Waals surface area contributed by atoms with Gasteiger partial charge in [-0.05, 0) is 57.3 Å². The molecule has 90 valence electrons. The fourth-order valence-corrected chi connectivity index (χ4v) is 6.22. The van der Waals surface area contributed by atoms with Crippen LogP contribution in [0.5, 0.6) is 0 Å². The van der Waals surface area contributed by atoms with Crippen molar-refractivity contribution >= 4 is 21.8 Å². The summed E-state index contributed by atoms with van der Waals surface area (Å²) in [6.07, 6.45) is 7.31. The van der Waals surface area contributed by atoms with E-state index in [1.54, 1.807) is 0 Å². The van der Waals surface area contributed by atoms with Crippen molar-refractivity contribution < 1.29 is 4.79 Å². The van der Waals surface area contributed by atoms with E-state index in [0.29, 0.717) is 10.2 Å². The van der Waals surface area contributed by atoms with Crippen molar-refractivity contribution in [2.45, 2.75) is 49.8 Å². The van der Waals surface area contributed by atoms with Crippen LogP contribution >= 0.6 is 15.9 Å². The lowest BCUT2D eigenvalue weighted by Gasteiger charge is -2.59. The molecule has 0 heterocycles. The van der Waals surface area contributed by atoms with E-state index >= 15 is 0 Å². The van der Waals surface area contributed by atoms with Crippen molar-refractivity contribution in [3.05, 3.63) is 0 Å². The topological polar surface area (TPSA) is 29.1 Å². The molecule has 2 atom stereocenters. The number of carbonyl (C=O) groups excluding carboxylic acids is 1. The zero-order chi connectivity index (χ0) is 11.4. The molecule has 0 aliphatic heterocycles. The third-order valence-corrected chi connectivity index (χ3v) is 5.74. The molecule has 2 nitrogen and oxygen atoms in total. The average molecular weight is 286 g/mol. The summed E-state index contributed by atoms with van der Waals surface area (Å²) in [7, 11) is 0. The zero-order valence-electron chi connectivity index (χ0n) is 9.89. The second-order valence-electron chi connectivity index (χ2n) is 6.25. The summed E-state index contributed by atoms with van der Waals surface area (Å²) in [6, 6.07) is 0. The Morgan fingerprint density at radius 2 is 1.94 bits per heavy atom. The lowest BCUT2D eigenvalue weighted by Crippen LogP contribution is -2.58. The highest BCUT2D eigenvalue weighted by atomic mass is 79.9. The maximum Gasteiger partial charge on any atom is 0.226 e. The number of rotatable bonds is 2. The SMILES string of the molecule is CCNC(=O)C12CC3CC(CC(Br)(C3)C1)C2. The Bertz CT molecular complexity index is 314. The molecule has 1 amide bonds. The standard InChI is InChI=1S/C13H20BrNO/c1-2-15-11(16)12-4-9-3-10(5-12)7-13(14,6-9)8-12/h9-10H,2-8H2,1H3,(H,15,16). The number of amides is 1. The minimum Gasteiger partial charge on any atom is -0.356 e. The summed E-state index contributed by atoms with van der Waals surface area (Å²) in [5.74, 6) is 1.92. The second kappa shape index (κ2) is 3.47. The van der Waals surface area contributed by atoms with E-state index in [9.17, 15) is 4.79 Å². The van der Waals surface area contributed by atoms with E-state index < -0.39 is 0 Å². The molecule has 0 radical (unpaired) electrons. The van der Waals surface area contributed by atoms with Gasteiger partial charge in [0.25, 0.3) is 0 Å². The number of alkyl halides is 1. The Labute approximate surface area is 106 Å². The van der Waals surface area contributed by atoms with Crippen molar-refractivity contribution in [1.82, 2.24) is 5.32 Å². The van der Waals surface area contributed by atoms with Crippen LogP contribution in [0.25, 0.3) is 0 Å². The molecule has 4 aliphatic rings. The molecular weight excluding hydrogens is 266 g/mol. The summed E-state index contributed by atoms with van der Waals surface area (Å²) in [6.45, 7) is 2.79. The van der Waals surface area contributed by atoms with Gasteiger partial charge in [0.1, 0.15) is 0 Å². The molecule has 2 unspecified atom stereocenters. The molecule has 0 saturated heterocycles. The Balaban J connectivity index is 1.89. The molecule has 0 aromatic carbocycles. The first-order chi connectivity index (χ1) is 7.55. The third-order valence-electron chi connectivity index (χ3n) is 4.81. The van der Waals surface area contributed by atoms with Crippen molar-refractivity contribution in [2.24, 2.45) is 17.3 Å². The van der Waals surface area contributed by atoms with E-state index in [2.05, 4.69) is 21.2 Å². The summed E-state index contributed by atoms with van der Waals surface area (Å²) in [4.78, 5) is 12.3. The molecule has 0 aromatic rings. The fraction of sp³-hybridized carbons (Fsp3) is 0.923. The Morgan fingerprint density at radius 3 is 2.44 bits per heavy atom. The molecule has 4 bridgehead atoms. The molecule has 1 N–H and O–H groups in total. The van der Waals surface area contributed by atoms with Crippen LogP contribution in [-0.2, 0) is 4.79 Å². The van der Waals surface area contributed by atoms with Gasteiger partial charge in [-0.25, -0.2) is 0 Å². The Kier molecular flexibility index (Phi) is 2.40. The highest BCUT2D eigenvalue weighted by molar-refractivity contribution is 9.10. The molecular formula is C13H20BrNO.